The molecule has 1 N–H and O–H groups in total. The molecule has 3 nitrogen and oxygen atoms in total. The first-order valence-electron chi connectivity index (χ1n) is 6.55. The molecule has 0 amide bonds. The number of benzene rings is 1. The van der Waals surface area contributed by atoms with Crippen molar-refractivity contribution >= 4 is 15.9 Å². The molecule has 1 aromatic rings. The second-order valence-electron chi connectivity index (χ2n) is 5.07. The summed E-state index contributed by atoms with van der Waals surface area (Å²) in [6, 6.07) is 9.90. The number of rotatable bonds is 3. The van der Waals surface area contributed by atoms with Crippen molar-refractivity contribution in [2.75, 3.05) is 13.2 Å². The van der Waals surface area contributed by atoms with E-state index in [-0.39, 0.29) is 0 Å². The highest BCUT2D eigenvalue weighted by Crippen LogP contribution is 2.47. The van der Waals surface area contributed by atoms with Gasteiger partial charge in [-0.05, 0) is 37.0 Å². The van der Waals surface area contributed by atoms with Gasteiger partial charge in [-0.3, -0.25) is 0 Å². The van der Waals surface area contributed by atoms with Crippen LogP contribution >= 0.6 is 15.9 Å². The summed E-state index contributed by atoms with van der Waals surface area (Å²) in [5.74, 6) is 0. The van der Waals surface area contributed by atoms with Crippen LogP contribution < -0.4 is 0 Å². The topological polar surface area (TPSA) is 53.2 Å². The van der Waals surface area contributed by atoms with Crippen LogP contribution in [-0.4, -0.2) is 18.3 Å². The Morgan fingerprint density at radius 3 is 2.89 bits per heavy atom. The number of halogens is 1. The van der Waals surface area contributed by atoms with Crippen LogP contribution in [0.1, 0.15) is 31.7 Å². The molecule has 0 aliphatic carbocycles. The monoisotopic (exact) mass is 323 g/mol. The van der Waals surface area contributed by atoms with Crippen LogP contribution in [0, 0.1) is 16.7 Å². The quantitative estimate of drug-likeness (QED) is 0.927. The zero-order chi connectivity index (χ0) is 13.9. The molecule has 1 saturated heterocycles. The molecule has 2 unspecified atom stereocenters. The fraction of sp³-hybridized carbons (Fsp3) is 0.533. The molecule has 4 heteroatoms. The highest BCUT2D eigenvalue weighted by Gasteiger charge is 2.52. The molecule has 102 valence electrons. The molecule has 19 heavy (non-hydrogen) atoms. The van der Waals surface area contributed by atoms with Gasteiger partial charge in [0.1, 0.15) is 11.0 Å². The number of nitriles is 1. The maximum Gasteiger partial charge on any atom is 0.113 e. The molecule has 1 aliphatic rings. The van der Waals surface area contributed by atoms with Crippen molar-refractivity contribution < 1.29 is 9.84 Å². The maximum absolute atomic E-state index is 11.2. The van der Waals surface area contributed by atoms with E-state index in [1.165, 1.54) is 0 Å². The number of ether oxygens (including phenoxy) is 1. The predicted octanol–water partition coefficient (Wildman–Crippen LogP) is 3.37. The smallest absolute Gasteiger partial charge is 0.113 e. The predicted molar refractivity (Wildman–Crippen MR) is 76.4 cm³/mol. The van der Waals surface area contributed by atoms with Gasteiger partial charge < -0.3 is 9.84 Å². The van der Waals surface area contributed by atoms with Crippen molar-refractivity contribution in [3.63, 3.8) is 0 Å². The van der Waals surface area contributed by atoms with E-state index in [1.807, 2.05) is 31.2 Å². The Bertz CT molecular complexity index is 491. The van der Waals surface area contributed by atoms with Gasteiger partial charge in [0, 0.05) is 11.1 Å². The van der Waals surface area contributed by atoms with Gasteiger partial charge in [-0.25, -0.2) is 0 Å². The van der Waals surface area contributed by atoms with E-state index < -0.39 is 11.0 Å². The minimum atomic E-state index is -1.17. The van der Waals surface area contributed by atoms with Crippen LogP contribution in [0.3, 0.4) is 0 Å². The molecule has 1 heterocycles. The van der Waals surface area contributed by atoms with E-state index in [2.05, 4.69) is 22.0 Å². The van der Waals surface area contributed by atoms with Gasteiger partial charge in [-0.15, -0.1) is 0 Å². The summed E-state index contributed by atoms with van der Waals surface area (Å²) in [4.78, 5) is 0. The van der Waals surface area contributed by atoms with Crippen LogP contribution in [0.25, 0.3) is 0 Å². The Kier molecular flexibility index (Phi) is 4.29. The average molecular weight is 324 g/mol. The lowest BCUT2D eigenvalue weighted by atomic mass is 9.65. The summed E-state index contributed by atoms with van der Waals surface area (Å²) in [5, 5.41) is 20.8. The van der Waals surface area contributed by atoms with Crippen LogP contribution in [-0.2, 0) is 10.3 Å². The summed E-state index contributed by atoms with van der Waals surface area (Å²) in [6.45, 7) is 2.87. The van der Waals surface area contributed by atoms with Crippen molar-refractivity contribution in [3.8, 4) is 6.07 Å². The van der Waals surface area contributed by atoms with E-state index >= 15 is 0 Å². The van der Waals surface area contributed by atoms with Crippen LogP contribution in [0.2, 0.25) is 0 Å². The molecule has 0 bridgehead atoms. The maximum atomic E-state index is 11.2. The van der Waals surface area contributed by atoms with Gasteiger partial charge in [0.2, 0.25) is 0 Å². The molecule has 0 saturated carbocycles. The first kappa shape index (κ1) is 14.5. The average Bonchev–Trinajstić information content (AvgIpc) is 2.47. The molecule has 0 aromatic heterocycles. The summed E-state index contributed by atoms with van der Waals surface area (Å²) >= 11 is 3.42. The lowest BCUT2D eigenvalue weighted by Crippen LogP contribution is -2.49. The number of hydrogen-bond acceptors (Lipinski definition) is 3. The standard InChI is InChI=1S/C15H18BrNO2/c1-2-15(18,12-5-3-6-13(16)9-12)14(10-17)7-4-8-19-11-14/h3,5-6,9,18H,2,4,7-8,11H2,1H3. The summed E-state index contributed by atoms with van der Waals surface area (Å²) in [7, 11) is 0. The zero-order valence-corrected chi connectivity index (χ0v) is 12.6. The normalized spacial score (nSPS) is 26.4. The Labute approximate surface area is 122 Å². The first-order chi connectivity index (χ1) is 9.08. The molecule has 0 radical (unpaired) electrons. The Hall–Kier alpha value is -0.890. The Morgan fingerprint density at radius 2 is 2.37 bits per heavy atom. The summed E-state index contributed by atoms with van der Waals surface area (Å²) in [6.07, 6.45) is 1.96. The van der Waals surface area contributed by atoms with E-state index in [0.29, 0.717) is 26.1 Å². The van der Waals surface area contributed by atoms with Crippen LogP contribution in [0.5, 0.6) is 0 Å². The minimum Gasteiger partial charge on any atom is -0.383 e. The van der Waals surface area contributed by atoms with E-state index in [9.17, 15) is 10.4 Å². The van der Waals surface area contributed by atoms with Crippen molar-refractivity contribution in [2.24, 2.45) is 5.41 Å². The summed E-state index contributed by atoms with van der Waals surface area (Å²) < 4.78 is 6.39. The molecule has 0 spiro atoms. The largest absolute Gasteiger partial charge is 0.383 e. The molecule has 2 rings (SSSR count). The van der Waals surface area contributed by atoms with Crippen molar-refractivity contribution in [1.82, 2.24) is 0 Å². The molecule has 1 fully saturated rings. The molecule has 1 aromatic carbocycles. The fourth-order valence-electron chi connectivity index (χ4n) is 2.87. The van der Waals surface area contributed by atoms with Gasteiger partial charge in [-0.2, -0.15) is 5.26 Å². The summed E-state index contributed by atoms with van der Waals surface area (Å²) in [5.41, 5.74) is -1.26. The molecular formula is C15H18BrNO2. The van der Waals surface area contributed by atoms with E-state index in [0.717, 1.165) is 16.5 Å². The highest BCUT2D eigenvalue weighted by molar-refractivity contribution is 9.10. The second kappa shape index (κ2) is 5.62. The Balaban J connectivity index is 2.49. The number of aliphatic hydroxyl groups is 1. The lowest BCUT2D eigenvalue weighted by molar-refractivity contribution is -0.126. The Morgan fingerprint density at radius 1 is 1.58 bits per heavy atom. The zero-order valence-electron chi connectivity index (χ0n) is 11.0. The molecule has 1 aliphatic heterocycles. The minimum absolute atomic E-state index is 0.292. The molecular weight excluding hydrogens is 306 g/mol. The van der Waals surface area contributed by atoms with E-state index in [1.54, 1.807) is 0 Å². The van der Waals surface area contributed by atoms with Crippen molar-refractivity contribution in [3.05, 3.63) is 34.3 Å². The van der Waals surface area contributed by atoms with Gasteiger partial charge in [-0.1, -0.05) is 35.0 Å². The van der Waals surface area contributed by atoms with Gasteiger partial charge in [0.05, 0.1) is 12.7 Å². The number of nitrogens with zero attached hydrogens (tertiary/aromatic N) is 1. The molecule has 2 atom stereocenters. The first-order valence-corrected chi connectivity index (χ1v) is 7.35. The second-order valence-corrected chi connectivity index (χ2v) is 5.99. The fourth-order valence-corrected chi connectivity index (χ4v) is 3.27. The number of hydrogen-bond donors (Lipinski definition) is 1. The lowest BCUT2D eigenvalue weighted by Gasteiger charge is -2.44. The third kappa shape index (κ3) is 2.43. The van der Waals surface area contributed by atoms with E-state index in [4.69, 9.17) is 4.74 Å². The van der Waals surface area contributed by atoms with Gasteiger partial charge in [0.25, 0.3) is 0 Å². The van der Waals surface area contributed by atoms with Crippen molar-refractivity contribution in [2.45, 2.75) is 31.8 Å². The third-order valence-electron chi connectivity index (χ3n) is 4.06. The van der Waals surface area contributed by atoms with Gasteiger partial charge >= 0.3 is 0 Å². The van der Waals surface area contributed by atoms with Gasteiger partial charge in [0.15, 0.2) is 0 Å². The van der Waals surface area contributed by atoms with Crippen LogP contribution in [0.4, 0.5) is 0 Å². The van der Waals surface area contributed by atoms with Crippen molar-refractivity contribution in [1.29, 1.82) is 5.26 Å². The third-order valence-corrected chi connectivity index (χ3v) is 4.55. The SMILES string of the molecule is CCC(O)(c1cccc(Br)c1)C1(C#N)CCCOC1. The highest BCUT2D eigenvalue weighted by atomic mass is 79.9. The van der Waals surface area contributed by atoms with Crippen LogP contribution in [0.15, 0.2) is 28.7 Å².